The normalized spacial score (nSPS) is 28.1. The number of likely N-dealkylation sites (tertiary alicyclic amines) is 1. The summed E-state index contributed by atoms with van der Waals surface area (Å²) in [5.41, 5.74) is 0. The van der Waals surface area contributed by atoms with E-state index in [1.54, 1.807) is 0 Å². The molecule has 2 atom stereocenters. The second-order valence-electron chi connectivity index (χ2n) is 3.54. The molecule has 2 N–H and O–H groups in total. The van der Waals surface area contributed by atoms with Gasteiger partial charge in [0.1, 0.15) is 0 Å². The zero-order valence-corrected chi connectivity index (χ0v) is 7.94. The van der Waals surface area contributed by atoms with Crippen LogP contribution in [0.5, 0.6) is 0 Å². The van der Waals surface area contributed by atoms with E-state index in [-0.39, 0.29) is 19.0 Å². The standard InChI is InChI=1S/C9H17NO3/c1-2-3-4-9(13)10-5-7(11)8(12)6-10/h7-8,11-12H,2-6H2,1H3/t7-,8+. The van der Waals surface area contributed by atoms with Gasteiger partial charge in [-0.2, -0.15) is 0 Å². The Morgan fingerprint density at radius 2 is 1.92 bits per heavy atom. The van der Waals surface area contributed by atoms with E-state index in [1.807, 2.05) is 6.92 Å². The van der Waals surface area contributed by atoms with Crippen molar-refractivity contribution >= 4 is 5.91 Å². The molecule has 1 heterocycles. The molecule has 0 bridgehead atoms. The van der Waals surface area contributed by atoms with E-state index < -0.39 is 12.2 Å². The zero-order valence-electron chi connectivity index (χ0n) is 7.94. The van der Waals surface area contributed by atoms with Crippen molar-refractivity contribution in [1.29, 1.82) is 0 Å². The molecule has 1 rings (SSSR count). The summed E-state index contributed by atoms with van der Waals surface area (Å²) in [6.07, 6.45) is 0.874. The van der Waals surface area contributed by atoms with Crippen LogP contribution in [0.25, 0.3) is 0 Å². The summed E-state index contributed by atoms with van der Waals surface area (Å²) in [6, 6.07) is 0. The minimum Gasteiger partial charge on any atom is -0.388 e. The minimum atomic E-state index is -0.759. The van der Waals surface area contributed by atoms with Crippen LogP contribution in [-0.2, 0) is 4.79 Å². The number of carbonyl (C=O) groups excluding carboxylic acids is 1. The maximum absolute atomic E-state index is 11.4. The summed E-state index contributed by atoms with van der Waals surface area (Å²) in [4.78, 5) is 12.9. The molecule has 4 nitrogen and oxygen atoms in total. The number of hydrogen-bond acceptors (Lipinski definition) is 3. The summed E-state index contributed by atoms with van der Waals surface area (Å²) < 4.78 is 0. The van der Waals surface area contributed by atoms with Crippen molar-refractivity contribution < 1.29 is 15.0 Å². The molecule has 0 spiro atoms. The van der Waals surface area contributed by atoms with Crippen LogP contribution >= 0.6 is 0 Å². The second-order valence-corrected chi connectivity index (χ2v) is 3.54. The van der Waals surface area contributed by atoms with Gasteiger partial charge >= 0.3 is 0 Å². The van der Waals surface area contributed by atoms with E-state index >= 15 is 0 Å². The Morgan fingerprint density at radius 3 is 2.38 bits per heavy atom. The van der Waals surface area contributed by atoms with Gasteiger partial charge in [-0.15, -0.1) is 0 Å². The van der Waals surface area contributed by atoms with Crippen LogP contribution in [0.1, 0.15) is 26.2 Å². The number of carbonyl (C=O) groups is 1. The van der Waals surface area contributed by atoms with Crippen molar-refractivity contribution in [1.82, 2.24) is 4.90 Å². The number of β-amino-alcohol motifs (C(OH)–C–C–N with tert-alkyl or cyclic N) is 2. The molecule has 1 saturated heterocycles. The molecule has 76 valence electrons. The molecule has 1 aliphatic heterocycles. The lowest BCUT2D eigenvalue weighted by atomic mass is 10.2. The van der Waals surface area contributed by atoms with Gasteiger partial charge in [0.15, 0.2) is 0 Å². The molecule has 1 aliphatic rings. The Hall–Kier alpha value is -0.610. The largest absolute Gasteiger partial charge is 0.388 e. The van der Waals surface area contributed by atoms with Crippen LogP contribution in [0, 0.1) is 0 Å². The van der Waals surface area contributed by atoms with Crippen molar-refractivity contribution in [3.05, 3.63) is 0 Å². The highest BCUT2D eigenvalue weighted by Crippen LogP contribution is 2.12. The molecule has 0 unspecified atom stereocenters. The summed E-state index contributed by atoms with van der Waals surface area (Å²) in [5.74, 6) is 0.0393. The molecular formula is C9H17NO3. The van der Waals surface area contributed by atoms with Gasteiger partial charge in [-0.25, -0.2) is 0 Å². The molecule has 0 aromatic rings. The number of hydrogen-bond donors (Lipinski definition) is 2. The highest BCUT2D eigenvalue weighted by molar-refractivity contribution is 5.76. The first-order valence-corrected chi connectivity index (χ1v) is 4.79. The fraction of sp³-hybridized carbons (Fsp3) is 0.889. The van der Waals surface area contributed by atoms with Crippen LogP contribution in [0.15, 0.2) is 0 Å². The molecule has 0 aromatic heterocycles. The lowest BCUT2D eigenvalue weighted by molar-refractivity contribution is -0.130. The van der Waals surface area contributed by atoms with E-state index in [0.717, 1.165) is 12.8 Å². The first-order chi connectivity index (χ1) is 6.15. The predicted molar refractivity (Wildman–Crippen MR) is 48.1 cm³/mol. The van der Waals surface area contributed by atoms with Crippen molar-refractivity contribution in [2.45, 2.75) is 38.4 Å². The number of rotatable bonds is 3. The van der Waals surface area contributed by atoms with Crippen LogP contribution in [0.2, 0.25) is 0 Å². The van der Waals surface area contributed by atoms with E-state index in [0.29, 0.717) is 6.42 Å². The topological polar surface area (TPSA) is 60.8 Å². The van der Waals surface area contributed by atoms with Gasteiger partial charge in [-0.1, -0.05) is 13.3 Å². The van der Waals surface area contributed by atoms with E-state index in [4.69, 9.17) is 0 Å². The predicted octanol–water partition coefficient (Wildman–Crippen LogP) is -0.259. The Balaban J connectivity index is 2.33. The Kier molecular flexibility index (Phi) is 3.69. The molecular weight excluding hydrogens is 170 g/mol. The third-order valence-electron chi connectivity index (χ3n) is 2.36. The second kappa shape index (κ2) is 4.58. The van der Waals surface area contributed by atoms with Crippen LogP contribution in [0.4, 0.5) is 0 Å². The van der Waals surface area contributed by atoms with E-state index in [1.165, 1.54) is 4.90 Å². The summed E-state index contributed by atoms with van der Waals surface area (Å²) in [6.45, 7) is 2.59. The fourth-order valence-electron chi connectivity index (χ4n) is 1.46. The summed E-state index contributed by atoms with van der Waals surface area (Å²) in [7, 11) is 0. The van der Waals surface area contributed by atoms with E-state index in [2.05, 4.69) is 0 Å². The lowest BCUT2D eigenvalue weighted by Gasteiger charge is -2.14. The molecule has 1 amide bonds. The molecule has 13 heavy (non-hydrogen) atoms. The molecule has 0 radical (unpaired) electrons. The van der Waals surface area contributed by atoms with Crippen molar-refractivity contribution in [2.24, 2.45) is 0 Å². The third kappa shape index (κ3) is 2.67. The monoisotopic (exact) mass is 187 g/mol. The van der Waals surface area contributed by atoms with Crippen molar-refractivity contribution in [3.8, 4) is 0 Å². The Labute approximate surface area is 78.2 Å². The number of nitrogens with zero attached hydrogens (tertiary/aromatic N) is 1. The van der Waals surface area contributed by atoms with Gasteiger partial charge < -0.3 is 15.1 Å². The van der Waals surface area contributed by atoms with Crippen molar-refractivity contribution in [3.63, 3.8) is 0 Å². The quantitative estimate of drug-likeness (QED) is 0.640. The third-order valence-corrected chi connectivity index (χ3v) is 2.36. The van der Waals surface area contributed by atoms with Gasteiger partial charge in [0.2, 0.25) is 5.91 Å². The zero-order chi connectivity index (χ0) is 9.84. The van der Waals surface area contributed by atoms with Gasteiger partial charge in [0.25, 0.3) is 0 Å². The first-order valence-electron chi connectivity index (χ1n) is 4.79. The van der Waals surface area contributed by atoms with E-state index in [9.17, 15) is 15.0 Å². The smallest absolute Gasteiger partial charge is 0.222 e. The van der Waals surface area contributed by atoms with Crippen LogP contribution in [0.3, 0.4) is 0 Å². The molecule has 0 saturated carbocycles. The number of unbranched alkanes of at least 4 members (excludes halogenated alkanes) is 1. The molecule has 0 aromatic carbocycles. The van der Waals surface area contributed by atoms with Gasteiger partial charge in [-0.05, 0) is 6.42 Å². The SMILES string of the molecule is CCCCC(=O)N1C[C@@H](O)[C@@H](O)C1. The number of amides is 1. The maximum Gasteiger partial charge on any atom is 0.222 e. The molecule has 4 heteroatoms. The summed E-state index contributed by atoms with van der Waals surface area (Å²) in [5, 5.41) is 18.4. The minimum absolute atomic E-state index is 0.0393. The highest BCUT2D eigenvalue weighted by atomic mass is 16.3. The fourth-order valence-corrected chi connectivity index (χ4v) is 1.46. The maximum atomic E-state index is 11.4. The first kappa shape index (κ1) is 10.5. The van der Waals surface area contributed by atoms with Gasteiger partial charge in [0, 0.05) is 19.5 Å². The Bertz CT molecular complexity index is 174. The van der Waals surface area contributed by atoms with Gasteiger partial charge in [0.05, 0.1) is 12.2 Å². The highest BCUT2D eigenvalue weighted by Gasteiger charge is 2.31. The lowest BCUT2D eigenvalue weighted by Crippen LogP contribution is -2.29. The van der Waals surface area contributed by atoms with Crippen LogP contribution in [-0.4, -0.2) is 46.3 Å². The number of aliphatic hydroxyl groups is 2. The average molecular weight is 187 g/mol. The average Bonchev–Trinajstić information content (AvgIpc) is 2.43. The molecule has 1 fully saturated rings. The summed E-state index contributed by atoms with van der Waals surface area (Å²) >= 11 is 0. The van der Waals surface area contributed by atoms with Crippen LogP contribution < -0.4 is 0 Å². The van der Waals surface area contributed by atoms with Gasteiger partial charge in [-0.3, -0.25) is 4.79 Å². The molecule has 0 aliphatic carbocycles. The Morgan fingerprint density at radius 1 is 1.38 bits per heavy atom. The number of aliphatic hydroxyl groups excluding tert-OH is 2. The van der Waals surface area contributed by atoms with Crippen molar-refractivity contribution in [2.75, 3.05) is 13.1 Å².